The van der Waals surface area contributed by atoms with Crippen molar-refractivity contribution in [1.82, 2.24) is 5.32 Å². The number of nitrogens with one attached hydrogen (secondary N) is 1. The van der Waals surface area contributed by atoms with E-state index in [0.29, 0.717) is 11.1 Å². The van der Waals surface area contributed by atoms with Crippen molar-refractivity contribution in [3.63, 3.8) is 0 Å². The summed E-state index contributed by atoms with van der Waals surface area (Å²) in [7, 11) is 1.30. The van der Waals surface area contributed by atoms with Crippen LogP contribution < -0.4 is 5.32 Å². The van der Waals surface area contributed by atoms with E-state index in [4.69, 9.17) is 0 Å². The normalized spacial score (nSPS) is 23.5. The van der Waals surface area contributed by atoms with Crippen molar-refractivity contribution in [3.05, 3.63) is 23.4 Å². The highest BCUT2D eigenvalue weighted by molar-refractivity contribution is 6.09. The largest absolute Gasteiger partial charge is 0.465 e. The average molecular weight is 206 g/mol. The lowest BCUT2D eigenvalue weighted by Gasteiger charge is -2.18. The van der Waals surface area contributed by atoms with E-state index in [2.05, 4.69) is 15.0 Å². The maximum absolute atomic E-state index is 11.4. The summed E-state index contributed by atoms with van der Waals surface area (Å²) in [5, 5.41) is 2.49. The molecular weight excluding hydrogens is 196 g/mol. The Morgan fingerprint density at radius 1 is 1.60 bits per heavy atom. The van der Waals surface area contributed by atoms with Crippen LogP contribution in [-0.2, 0) is 14.3 Å². The van der Waals surface area contributed by atoms with Crippen LogP contribution in [0.1, 0.15) is 6.92 Å². The van der Waals surface area contributed by atoms with Crippen LogP contribution in [0.25, 0.3) is 0 Å². The molecule has 0 saturated carbocycles. The molecule has 2 aliphatic heterocycles. The van der Waals surface area contributed by atoms with Gasteiger partial charge in [-0.15, -0.1) is 0 Å². The summed E-state index contributed by atoms with van der Waals surface area (Å²) in [6, 6.07) is -0.593. The minimum absolute atomic E-state index is 0.217. The smallest absolute Gasteiger partial charge is 0.339 e. The third-order valence-electron chi connectivity index (χ3n) is 2.32. The van der Waals surface area contributed by atoms with Gasteiger partial charge in [0.15, 0.2) is 6.04 Å². The lowest BCUT2D eigenvalue weighted by molar-refractivity contribution is -0.135. The molecule has 2 heterocycles. The van der Waals surface area contributed by atoms with Crippen molar-refractivity contribution in [2.75, 3.05) is 7.11 Å². The van der Waals surface area contributed by atoms with E-state index < -0.39 is 12.0 Å². The highest BCUT2D eigenvalue weighted by atomic mass is 16.5. The molecule has 0 aromatic rings. The summed E-state index contributed by atoms with van der Waals surface area (Å²) in [5.41, 5.74) is 1.72. The fourth-order valence-electron chi connectivity index (χ4n) is 1.63. The third kappa shape index (κ3) is 1.45. The molecule has 78 valence electrons. The first-order chi connectivity index (χ1) is 7.13. The minimum Gasteiger partial charge on any atom is -0.465 e. The summed E-state index contributed by atoms with van der Waals surface area (Å²) >= 11 is 0. The van der Waals surface area contributed by atoms with E-state index >= 15 is 0 Å². The highest BCUT2D eigenvalue weighted by Gasteiger charge is 2.34. The van der Waals surface area contributed by atoms with Crippen molar-refractivity contribution in [2.24, 2.45) is 4.99 Å². The van der Waals surface area contributed by atoms with E-state index in [1.54, 1.807) is 13.0 Å². The second kappa shape index (κ2) is 3.34. The van der Waals surface area contributed by atoms with Crippen LogP contribution in [-0.4, -0.2) is 30.7 Å². The predicted octanol–water partition coefficient (Wildman–Crippen LogP) is -0.0574. The van der Waals surface area contributed by atoms with Crippen LogP contribution in [0.3, 0.4) is 0 Å². The van der Waals surface area contributed by atoms with Crippen LogP contribution in [0.15, 0.2) is 28.4 Å². The number of carbonyl (C=O) groups excluding carboxylic acids is 2. The standard InChI is InChI=1S/C10H10N2O3/c1-5-3-6-7(10(14)15-2)4-11-9(13)8(6)12-5/h3-4,8H,1-2H3,(H,11,13). The molecule has 0 radical (unpaired) electrons. The molecule has 0 aromatic heterocycles. The maximum Gasteiger partial charge on any atom is 0.339 e. The summed E-state index contributed by atoms with van der Waals surface area (Å²) in [6.07, 6.45) is 3.09. The number of hydrogen-bond donors (Lipinski definition) is 1. The number of rotatable bonds is 1. The third-order valence-corrected chi connectivity index (χ3v) is 2.32. The molecule has 1 amide bonds. The van der Waals surface area contributed by atoms with E-state index in [-0.39, 0.29) is 5.91 Å². The lowest BCUT2D eigenvalue weighted by Crippen LogP contribution is -2.37. The van der Waals surface area contributed by atoms with Crippen LogP contribution in [0.5, 0.6) is 0 Å². The molecule has 0 saturated heterocycles. The highest BCUT2D eigenvalue weighted by Crippen LogP contribution is 2.26. The quantitative estimate of drug-likeness (QED) is 0.611. The average Bonchev–Trinajstić information content (AvgIpc) is 2.60. The molecule has 2 aliphatic rings. The fourth-order valence-corrected chi connectivity index (χ4v) is 1.63. The minimum atomic E-state index is -0.593. The molecule has 2 rings (SSSR count). The molecule has 1 atom stereocenters. The fraction of sp³-hybridized carbons (Fsp3) is 0.300. The first-order valence-electron chi connectivity index (χ1n) is 4.48. The van der Waals surface area contributed by atoms with Crippen molar-refractivity contribution in [2.45, 2.75) is 13.0 Å². The molecule has 0 fully saturated rings. The Morgan fingerprint density at radius 2 is 2.33 bits per heavy atom. The van der Waals surface area contributed by atoms with E-state index in [1.807, 2.05) is 0 Å². The predicted molar refractivity (Wildman–Crippen MR) is 53.2 cm³/mol. The topological polar surface area (TPSA) is 67.8 Å². The SMILES string of the molecule is COC(=O)C1=CNC(=O)C2N=C(C)C=C12. The monoisotopic (exact) mass is 206 g/mol. The van der Waals surface area contributed by atoms with Gasteiger partial charge in [0.05, 0.1) is 12.7 Å². The van der Waals surface area contributed by atoms with E-state index in [9.17, 15) is 9.59 Å². The Hall–Kier alpha value is -1.91. The van der Waals surface area contributed by atoms with Gasteiger partial charge in [-0.3, -0.25) is 9.79 Å². The van der Waals surface area contributed by atoms with Crippen molar-refractivity contribution in [1.29, 1.82) is 0 Å². The number of hydrogen-bond acceptors (Lipinski definition) is 4. The Labute approximate surface area is 86.5 Å². The number of aliphatic imine (C=N–C) groups is 1. The zero-order chi connectivity index (χ0) is 11.0. The molecular formula is C10H10N2O3. The number of fused-ring (bicyclic) bond motifs is 1. The summed E-state index contributed by atoms with van der Waals surface area (Å²) in [4.78, 5) is 26.9. The van der Waals surface area contributed by atoms with E-state index in [1.165, 1.54) is 13.3 Å². The van der Waals surface area contributed by atoms with Gasteiger partial charge in [-0.25, -0.2) is 4.79 Å². The molecule has 5 nitrogen and oxygen atoms in total. The zero-order valence-electron chi connectivity index (χ0n) is 8.40. The summed E-state index contributed by atoms with van der Waals surface area (Å²) in [5.74, 6) is -0.679. The number of carbonyl (C=O) groups is 2. The Balaban J connectivity index is 2.41. The molecule has 0 aromatic carbocycles. The molecule has 5 heteroatoms. The molecule has 15 heavy (non-hydrogen) atoms. The van der Waals surface area contributed by atoms with Gasteiger partial charge in [0.25, 0.3) is 5.91 Å². The Morgan fingerprint density at radius 3 is 3.00 bits per heavy atom. The van der Waals surface area contributed by atoms with Crippen molar-refractivity contribution >= 4 is 17.6 Å². The number of allylic oxidation sites excluding steroid dienone is 1. The number of esters is 1. The van der Waals surface area contributed by atoms with Gasteiger partial charge in [-0.05, 0) is 13.0 Å². The molecule has 1 unspecified atom stereocenters. The second-order valence-electron chi connectivity index (χ2n) is 3.33. The number of amides is 1. The number of ether oxygens (including phenoxy) is 1. The van der Waals surface area contributed by atoms with Gasteiger partial charge >= 0.3 is 5.97 Å². The van der Waals surface area contributed by atoms with Gasteiger partial charge in [-0.1, -0.05) is 0 Å². The van der Waals surface area contributed by atoms with Crippen molar-refractivity contribution in [3.8, 4) is 0 Å². The van der Waals surface area contributed by atoms with Crippen molar-refractivity contribution < 1.29 is 14.3 Å². The first kappa shape index (κ1) is 9.64. The van der Waals surface area contributed by atoms with Gasteiger partial charge in [0.1, 0.15) is 0 Å². The lowest BCUT2D eigenvalue weighted by atomic mass is 9.97. The van der Waals surface area contributed by atoms with Gasteiger partial charge in [0.2, 0.25) is 0 Å². The molecule has 0 aliphatic carbocycles. The van der Waals surface area contributed by atoms with Crippen LogP contribution in [0.4, 0.5) is 0 Å². The summed E-state index contributed by atoms with van der Waals surface area (Å²) < 4.78 is 4.62. The first-order valence-corrected chi connectivity index (χ1v) is 4.48. The van der Waals surface area contributed by atoms with E-state index in [0.717, 1.165) is 5.71 Å². The Bertz CT molecular complexity index is 432. The van der Waals surface area contributed by atoms with Crippen LogP contribution in [0, 0.1) is 0 Å². The van der Waals surface area contributed by atoms with Gasteiger partial charge in [-0.2, -0.15) is 0 Å². The maximum atomic E-state index is 11.4. The number of methoxy groups -OCH3 is 1. The zero-order valence-corrected chi connectivity index (χ0v) is 8.40. The second-order valence-corrected chi connectivity index (χ2v) is 3.33. The Kier molecular flexibility index (Phi) is 2.15. The molecule has 1 N–H and O–H groups in total. The molecule has 0 bridgehead atoms. The van der Waals surface area contributed by atoms with Crippen LogP contribution >= 0.6 is 0 Å². The van der Waals surface area contributed by atoms with Gasteiger partial charge in [0, 0.05) is 17.5 Å². The van der Waals surface area contributed by atoms with Crippen LogP contribution in [0.2, 0.25) is 0 Å². The molecule has 0 spiro atoms. The summed E-state index contributed by atoms with van der Waals surface area (Å²) in [6.45, 7) is 1.79. The number of nitrogens with zero attached hydrogens (tertiary/aromatic N) is 1. The van der Waals surface area contributed by atoms with Gasteiger partial charge < -0.3 is 10.1 Å².